The molecule has 0 atom stereocenters. The van der Waals surface area contributed by atoms with Gasteiger partial charge in [0, 0.05) is 13.2 Å². The fourth-order valence-electron chi connectivity index (χ4n) is 1.20. The maximum absolute atomic E-state index is 11.4. The predicted molar refractivity (Wildman–Crippen MR) is 62.7 cm³/mol. The summed E-state index contributed by atoms with van der Waals surface area (Å²) in [6.45, 7) is 4.47. The summed E-state index contributed by atoms with van der Waals surface area (Å²) in [5, 5.41) is 2.28. The van der Waals surface area contributed by atoms with Crippen molar-refractivity contribution in [1.29, 1.82) is 0 Å². The molecule has 108 valence electrons. The fourth-order valence-corrected chi connectivity index (χ4v) is 2.08. The van der Waals surface area contributed by atoms with Crippen LogP contribution in [0.5, 0.6) is 0 Å². The van der Waals surface area contributed by atoms with E-state index in [1.165, 1.54) is 0 Å². The lowest BCUT2D eigenvalue weighted by atomic mass is 10.6. The number of nitrogens with one attached hydrogen (secondary N) is 1. The van der Waals surface area contributed by atoms with Gasteiger partial charge in [0.15, 0.2) is 0 Å². The van der Waals surface area contributed by atoms with E-state index in [1.807, 2.05) is 0 Å². The molecule has 0 radical (unpaired) electrons. The molecule has 0 unspecified atom stereocenters. The number of hydrogen-bond donors (Lipinski definition) is 3. The van der Waals surface area contributed by atoms with Crippen LogP contribution in [0.4, 0.5) is 0 Å². The number of carbonyl (C=O) groups excluding carboxylic acids is 1. The summed E-state index contributed by atoms with van der Waals surface area (Å²) in [6, 6.07) is 0. The summed E-state index contributed by atoms with van der Waals surface area (Å²) >= 11 is 0. The van der Waals surface area contributed by atoms with Crippen molar-refractivity contribution >= 4 is 13.6 Å². The zero-order valence-corrected chi connectivity index (χ0v) is 11.6. The van der Waals surface area contributed by atoms with Gasteiger partial charge in [-0.15, -0.1) is 0 Å². The molecular formula is C9H20NO7P. The molecule has 18 heavy (non-hydrogen) atoms. The third-order valence-corrected chi connectivity index (χ3v) is 3.01. The van der Waals surface area contributed by atoms with Crippen molar-refractivity contribution in [2.75, 3.05) is 26.4 Å². The molecule has 0 saturated heterocycles. The van der Waals surface area contributed by atoms with Crippen molar-refractivity contribution in [3.05, 3.63) is 0 Å². The van der Waals surface area contributed by atoms with Crippen LogP contribution in [-0.4, -0.2) is 47.8 Å². The summed E-state index contributed by atoms with van der Waals surface area (Å²) in [5.74, 6) is -0.658. The van der Waals surface area contributed by atoms with Crippen molar-refractivity contribution < 1.29 is 33.4 Å². The molecule has 0 bridgehead atoms. The zero-order chi connectivity index (χ0) is 14.2. The Morgan fingerprint density at radius 3 is 2.00 bits per heavy atom. The van der Waals surface area contributed by atoms with Gasteiger partial charge in [-0.05, 0) is 20.8 Å². The summed E-state index contributed by atoms with van der Waals surface area (Å²) in [4.78, 5) is 29.7. The standard InChI is InChI=1S/C9H20NO7P/c1-4-15-8(11)7-10-9(16-5-2,17-6-3)18(12,13)14/h10H,4-7H2,1-3H3,(H2,12,13,14). The van der Waals surface area contributed by atoms with E-state index in [2.05, 4.69) is 10.1 Å². The van der Waals surface area contributed by atoms with Gasteiger partial charge < -0.3 is 24.0 Å². The molecule has 9 heteroatoms. The van der Waals surface area contributed by atoms with E-state index in [1.54, 1.807) is 20.8 Å². The minimum atomic E-state index is -4.78. The average Bonchev–Trinajstić information content (AvgIpc) is 2.25. The highest BCUT2D eigenvalue weighted by Gasteiger charge is 2.50. The minimum Gasteiger partial charge on any atom is -0.465 e. The highest BCUT2D eigenvalue weighted by Crippen LogP contribution is 2.50. The molecule has 0 aromatic carbocycles. The fraction of sp³-hybridized carbons (Fsp3) is 0.889. The Morgan fingerprint density at radius 2 is 1.67 bits per heavy atom. The lowest BCUT2D eigenvalue weighted by molar-refractivity contribution is -0.205. The largest absolute Gasteiger partial charge is 0.465 e. The van der Waals surface area contributed by atoms with Gasteiger partial charge in [0.25, 0.3) is 0 Å². The molecule has 0 heterocycles. The smallest absolute Gasteiger partial charge is 0.401 e. The lowest BCUT2D eigenvalue weighted by Gasteiger charge is -2.33. The van der Waals surface area contributed by atoms with Crippen LogP contribution in [0.1, 0.15) is 20.8 Å². The molecule has 0 aliphatic carbocycles. The predicted octanol–water partition coefficient (Wildman–Crippen LogP) is 0.00110. The monoisotopic (exact) mass is 285 g/mol. The van der Waals surface area contributed by atoms with E-state index in [9.17, 15) is 19.1 Å². The molecule has 0 spiro atoms. The van der Waals surface area contributed by atoms with Crippen LogP contribution < -0.4 is 5.32 Å². The first-order chi connectivity index (χ1) is 8.33. The van der Waals surface area contributed by atoms with Crippen LogP contribution in [0, 0.1) is 0 Å². The Balaban J connectivity index is 4.84. The van der Waals surface area contributed by atoms with Gasteiger partial charge in [0.2, 0.25) is 0 Å². The first kappa shape index (κ1) is 17.5. The van der Waals surface area contributed by atoms with Gasteiger partial charge in [0.1, 0.15) is 0 Å². The molecule has 0 amide bonds. The lowest BCUT2D eigenvalue weighted by Crippen LogP contribution is -2.51. The summed E-state index contributed by atoms with van der Waals surface area (Å²) < 4.78 is 26.0. The quantitative estimate of drug-likeness (QED) is 0.308. The Bertz CT molecular complexity index is 297. The summed E-state index contributed by atoms with van der Waals surface area (Å²) in [5.41, 5.74) is -2.32. The zero-order valence-electron chi connectivity index (χ0n) is 10.7. The Labute approximate surface area is 106 Å². The highest BCUT2D eigenvalue weighted by molar-refractivity contribution is 7.53. The molecule has 0 aliphatic rings. The number of hydrogen-bond acceptors (Lipinski definition) is 6. The topological polar surface area (TPSA) is 114 Å². The van der Waals surface area contributed by atoms with Gasteiger partial charge >= 0.3 is 19.2 Å². The van der Waals surface area contributed by atoms with Crippen LogP contribution in [-0.2, 0) is 23.6 Å². The second kappa shape index (κ2) is 7.83. The molecule has 0 aromatic rings. The van der Waals surface area contributed by atoms with Gasteiger partial charge in [-0.1, -0.05) is 0 Å². The number of esters is 1. The Morgan fingerprint density at radius 1 is 1.17 bits per heavy atom. The van der Waals surface area contributed by atoms with E-state index < -0.39 is 25.8 Å². The molecule has 0 fully saturated rings. The molecular weight excluding hydrogens is 265 g/mol. The molecule has 0 aromatic heterocycles. The third kappa shape index (κ3) is 5.01. The van der Waals surface area contributed by atoms with Gasteiger partial charge in [-0.3, -0.25) is 9.36 Å². The molecule has 0 aliphatic heterocycles. The summed E-state index contributed by atoms with van der Waals surface area (Å²) in [6.07, 6.45) is 0. The minimum absolute atomic E-state index is 0.000928. The van der Waals surface area contributed by atoms with Crippen molar-refractivity contribution in [3.63, 3.8) is 0 Å². The van der Waals surface area contributed by atoms with Gasteiger partial charge in [-0.2, -0.15) is 0 Å². The third-order valence-electron chi connectivity index (χ3n) is 1.82. The maximum Gasteiger partial charge on any atom is 0.401 e. The van der Waals surface area contributed by atoms with Crippen LogP contribution in [0.3, 0.4) is 0 Å². The van der Waals surface area contributed by atoms with E-state index in [4.69, 9.17) is 9.47 Å². The first-order valence-corrected chi connectivity index (χ1v) is 7.18. The van der Waals surface area contributed by atoms with E-state index in [0.29, 0.717) is 0 Å². The second-order valence-corrected chi connectivity index (χ2v) is 4.83. The molecule has 0 rings (SSSR count). The normalized spacial score (nSPS) is 12.5. The van der Waals surface area contributed by atoms with Crippen molar-refractivity contribution in [1.82, 2.24) is 5.32 Å². The summed E-state index contributed by atoms with van der Waals surface area (Å²) in [7, 11) is -4.78. The maximum atomic E-state index is 11.4. The van der Waals surface area contributed by atoms with Crippen LogP contribution >= 0.6 is 7.60 Å². The van der Waals surface area contributed by atoms with Crippen LogP contribution in [0.15, 0.2) is 0 Å². The first-order valence-electron chi connectivity index (χ1n) is 5.57. The van der Waals surface area contributed by atoms with Crippen LogP contribution in [0.2, 0.25) is 0 Å². The number of ether oxygens (including phenoxy) is 3. The average molecular weight is 285 g/mol. The second-order valence-electron chi connectivity index (χ2n) is 3.15. The van der Waals surface area contributed by atoms with Crippen LogP contribution in [0.25, 0.3) is 0 Å². The molecule has 8 nitrogen and oxygen atoms in total. The molecule has 3 N–H and O–H groups in total. The van der Waals surface area contributed by atoms with E-state index in [-0.39, 0.29) is 19.8 Å². The molecule has 0 saturated carbocycles. The SMILES string of the molecule is CCOC(=O)CNC(OCC)(OCC)P(=O)(O)O. The van der Waals surface area contributed by atoms with Crippen molar-refractivity contribution in [3.8, 4) is 0 Å². The van der Waals surface area contributed by atoms with E-state index >= 15 is 0 Å². The number of rotatable bonds is 9. The van der Waals surface area contributed by atoms with Crippen molar-refractivity contribution in [2.45, 2.75) is 26.4 Å². The Kier molecular flexibility index (Phi) is 7.61. The van der Waals surface area contributed by atoms with Crippen molar-refractivity contribution in [2.24, 2.45) is 0 Å². The van der Waals surface area contributed by atoms with Gasteiger partial charge in [-0.25, -0.2) is 5.32 Å². The number of carbonyl (C=O) groups is 1. The Hall–Kier alpha value is -0.500. The van der Waals surface area contributed by atoms with E-state index in [0.717, 1.165) is 0 Å². The highest BCUT2D eigenvalue weighted by atomic mass is 31.2. The van der Waals surface area contributed by atoms with Gasteiger partial charge in [0.05, 0.1) is 13.2 Å².